The summed E-state index contributed by atoms with van der Waals surface area (Å²) >= 11 is 1.44. The molecule has 1 amide bonds. The predicted molar refractivity (Wildman–Crippen MR) is 77.3 cm³/mol. The summed E-state index contributed by atoms with van der Waals surface area (Å²) in [6.45, 7) is 3.18. The van der Waals surface area contributed by atoms with Crippen LogP contribution in [-0.2, 0) is 4.79 Å². The van der Waals surface area contributed by atoms with E-state index >= 15 is 0 Å². The number of hydrogen-bond acceptors (Lipinski definition) is 4. The van der Waals surface area contributed by atoms with Crippen molar-refractivity contribution < 1.29 is 9.90 Å². The molecule has 4 nitrogen and oxygen atoms in total. The fourth-order valence-corrected chi connectivity index (χ4v) is 1.84. The number of benzene rings is 1. The number of thioether (sulfide) groups is 1. The van der Waals surface area contributed by atoms with Crippen LogP contribution in [0.15, 0.2) is 29.2 Å². The van der Waals surface area contributed by atoms with Crippen LogP contribution < -0.4 is 11.1 Å². The minimum atomic E-state index is 0. The Balaban J connectivity index is 0.00000289. The largest absolute Gasteiger partial charge is 0.508 e. The number of amides is 1. The highest BCUT2D eigenvalue weighted by molar-refractivity contribution is 8.00. The Kier molecular flexibility index (Phi) is 8.62. The highest BCUT2D eigenvalue weighted by atomic mass is 35.5. The third-order valence-corrected chi connectivity index (χ3v) is 3.27. The lowest BCUT2D eigenvalue weighted by Gasteiger charge is -2.09. The van der Waals surface area contributed by atoms with Crippen molar-refractivity contribution in [2.45, 2.75) is 11.8 Å². The van der Waals surface area contributed by atoms with Crippen LogP contribution in [0.2, 0.25) is 0 Å². The molecule has 1 atom stereocenters. The number of aromatic hydroxyl groups is 1. The Morgan fingerprint density at radius 3 is 2.61 bits per heavy atom. The molecular formula is C12H19ClN2O2S. The molecule has 4 N–H and O–H groups in total. The molecule has 102 valence electrons. The second kappa shape index (κ2) is 9.08. The summed E-state index contributed by atoms with van der Waals surface area (Å²) in [5.74, 6) is 0.916. The van der Waals surface area contributed by atoms with Gasteiger partial charge < -0.3 is 16.2 Å². The van der Waals surface area contributed by atoms with Crippen LogP contribution in [-0.4, -0.2) is 29.9 Å². The first-order valence-electron chi connectivity index (χ1n) is 5.50. The number of phenolic OH excluding ortho intramolecular Hbond substituents is 1. The van der Waals surface area contributed by atoms with Crippen LogP contribution in [0.4, 0.5) is 0 Å². The first kappa shape index (κ1) is 17.1. The topological polar surface area (TPSA) is 75.3 Å². The third kappa shape index (κ3) is 6.74. The van der Waals surface area contributed by atoms with Gasteiger partial charge in [-0.25, -0.2) is 0 Å². The van der Waals surface area contributed by atoms with Crippen molar-refractivity contribution in [3.05, 3.63) is 24.3 Å². The molecule has 0 radical (unpaired) electrons. The molecule has 0 saturated carbocycles. The first-order chi connectivity index (χ1) is 8.11. The molecule has 0 aromatic heterocycles. The molecule has 1 aromatic rings. The molecule has 1 aromatic carbocycles. The van der Waals surface area contributed by atoms with E-state index in [-0.39, 0.29) is 24.1 Å². The van der Waals surface area contributed by atoms with Crippen molar-refractivity contribution in [3.8, 4) is 5.75 Å². The summed E-state index contributed by atoms with van der Waals surface area (Å²) < 4.78 is 0. The first-order valence-corrected chi connectivity index (χ1v) is 6.49. The van der Waals surface area contributed by atoms with E-state index < -0.39 is 0 Å². The van der Waals surface area contributed by atoms with Gasteiger partial charge in [-0.2, -0.15) is 0 Å². The minimum Gasteiger partial charge on any atom is -0.508 e. The molecule has 0 fully saturated rings. The van der Waals surface area contributed by atoms with Crippen LogP contribution in [0.3, 0.4) is 0 Å². The smallest absolute Gasteiger partial charge is 0.230 e. The molecule has 0 aliphatic rings. The van der Waals surface area contributed by atoms with Gasteiger partial charge in [-0.1, -0.05) is 6.92 Å². The molecule has 0 aliphatic carbocycles. The van der Waals surface area contributed by atoms with Crippen LogP contribution in [0, 0.1) is 5.92 Å². The van der Waals surface area contributed by atoms with Gasteiger partial charge in [-0.3, -0.25) is 4.79 Å². The molecule has 1 rings (SSSR count). The average molecular weight is 291 g/mol. The molecule has 0 saturated heterocycles. The van der Waals surface area contributed by atoms with Gasteiger partial charge in [0.2, 0.25) is 5.91 Å². The summed E-state index contributed by atoms with van der Waals surface area (Å²) in [6.07, 6.45) is 0. The Bertz CT molecular complexity index is 360. The van der Waals surface area contributed by atoms with E-state index in [4.69, 9.17) is 10.8 Å². The molecule has 0 aliphatic heterocycles. The van der Waals surface area contributed by atoms with E-state index in [0.717, 1.165) is 4.90 Å². The fourth-order valence-electron chi connectivity index (χ4n) is 1.11. The zero-order chi connectivity index (χ0) is 12.7. The number of halogens is 1. The molecule has 6 heteroatoms. The number of nitrogens with two attached hydrogens (primary N) is 1. The summed E-state index contributed by atoms with van der Waals surface area (Å²) in [7, 11) is 0. The average Bonchev–Trinajstić information content (AvgIpc) is 2.35. The van der Waals surface area contributed by atoms with Crippen LogP contribution >= 0.6 is 24.2 Å². The standard InChI is InChI=1S/C12H18N2O2S.ClH/c1-9(6-13)7-14-12(16)8-17-11-4-2-10(15)3-5-11;/h2-5,9,15H,6-8,13H2,1H3,(H,14,16);1H. The van der Waals surface area contributed by atoms with Crippen molar-refractivity contribution in [3.63, 3.8) is 0 Å². The third-order valence-electron chi connectivity index (χ3n) is 2.26. The zero-order valence-corrected chi connectivity index (χ0v) is 11.9. The van der Waals surface area contributed by atoms with E-state index in [1.54, 1.807) is 24.3 Å². The highest BCUT2D eigenvalue weighted by Crippen LogP contribution is 2.20. The Morgan fingerprint density at radius 1 is 1.44 bits per heavy atom. The maximum Gasteiger partial charge on any atom is 0.230 e. The van der Waals surface area contributed by atoms with Gasteiger partial charge in [0.25, 0.3) is 0 Å². The lowest BCUT2D eigenvalue weighted by Crippen LogP contribution is -2.32. The Hall–Kier alpha value is -0.910. The maximum atomic E-state index is 11.5. The summed E-state index contributed by atoms with van der Waals surface area (Å²) in [5, 5.41) is 11.9. The number of hydrogen-bond donors (Lipinski definition) is 3. The van der Waals surface area contributed by atoms with E-state index in [0.29, 0.717) is 24.8 Å². The molecule has 18 heavy (non-hydrogen) atoms. The lowest BCUT2D eigenvalue weighted by atomic mass is 10.2. The van der Waals surface area contributed by atoms with E-state index in [2.05, 4.69) is 5.32 Å². The molecule has 0 spiro atoms. The maximum absolute atomic E-state index is 11.5. The number of carbonyl (C=O) groups is 1. The minimum absolute atomic E-state index is 0. The second-order valence-electron chi connectivity index (χ2n) is 3.93. The van der Waals surface area contributed by atoms with Crippen molar-refractivity contribution >= 4 is 30.1 Å². The van der Waals surface area contributed by atoms with Crippen molar-refractivity contribution in [2.75, 3.05) is 18.8 Å². The number of rotatable bonds is 6. The molecule has 0 bridgehead atoms. The van der Waals surface area contributed by atoms with Crippen LogP contribution in [0.1, 0.15) is 6.92 Å². The fraction of sp³-hybridized carbons (Fsp3) is 0.417. The van der Waals surface area contributed by atoms with Gasteiger partial charge in [0.1, 0.15) is 5.75 Å². The lowest BCUT2D eigenvalue weighted by molar-refractivity contribution is -0.118. The Morgan fingerprint density at radius 2 is 2.06 bits per heavy atom. The zero-order valence-electron chi connectivity index (χ0n) is 10.3. The van der Waals surface area contributed by atoms with Crippen molar-refractivity contribution in [1.82, 2.24) is 5.32 Å². The van der Waals surface area contributed by atoms with Gasteiger partial charge in [0.15, 0.2) is 0 Å². The normalized spacial score (nSPS) is 11.4. The summed E-state index contributed by atoms with van der Waals surface area (Å²) in [6, 6.07) is 6.79. The summed E-state index contributed by atoms with van der Waals surface area (Å²) in [4.78, 5) is 12.4. The number of nitrogens with one attached hydrogen (secondary N) is 1. The van der Waals surface area contributed by atoms with Crippen LogP contribution in [0.5, 0.6) is 5.75 Å². The van der Waals surface area contributed by atoms with Gasteiger partial charge >= 0.3 is 0 Å². The van der Waals surface area contributed by atoms with Gasteiger partial charge in [-0.05, 0) is 36.7 Å². The second-order valence-corrected chi connectivity index (χ2v) is 4.98. The molecular weight excluding hydrogens is 272 g/mol. The number of phenols is 1. The van der Waals surface area contributed by atoms with Crippen molar-refractivity contribution in [1.29, 1.82) is 0 Å². The Labute approximate surface area is 118 Å². The van der Waals surface area contributed by atoms with Crippen molar-refractivity contribution in [2.24, 2.45) is 11.7 Å². The predicted octanol–water partition coefficient (Wildman–Crippen LogP) is 1.62. The quantitative estimate of drug-likeness (QED) is 0.696. The van der Waals surface area contributed by atoms with Gasteiger partial charge in [0.05, 0.1) is 5.75 Å². The SMILES string of the molecule is CC(CN)CNC(=O)CSc1ccc(O)cc1.Cl. The van der Waals surface area contributed by atoms with E-state index in [1.165, 1.54) is 11.8 Å². The summed E-state index contributed by atoms with van der Waals surface area (Å²) in [5.41, 5.74) is 5.46. The van der Waals surface area contributed by atoms with Crippen LogP contribution in [0.25, 0.3) is 0 Å². The van der Waals surface area contributed by atoms with Gasteiger partial charge in [0, 0.05) is 11.4 Å². The van der Waals surface area contributed by atoms with E-state index in [1.807, 2.05) is 6.92 Å². The molecule has 0 heterocycles. The van der Waals surface area contributed by atoms with E-state index in [9.17, 15) is 4.79 Å². The molecule has 1 unspecified atom stereocenters. The highest BCUT2D eigenvalue weighted by Gasteiger charge is 2.05. The van der Waals surface area contributed by atoms with Gasteiger partial charge in [-0.15, -0.1) is 24.2 Å². The monoisotopic (exact) mass is 290 g/mol. The number of carbonyl (C=O) groups excluding carboxylic acids is 1.